The molecule has 0 saturated heterocycles. The number of para-hydroxylation sites is 1. The van der Waals surface area contributed by atoms with Gasteiger partial charge in [-0.3, -0.25) is 4.79 Å². The molecule has 1 rings (SSSR count). The van der Waals surface area contributed by atoms with E-state index in [2.05, 4.69) is 5.32 Å². The molecular weight excluding hydrogens is 200 g/mol. The Hall–Kier alpha value is -1.35. The van der Waals surface area contributed by atoms with Crippen molar-refractivity contribution in [3.63, 3.8) is 0 Å². The van der Waals surface area contributed by atoms with Crippen molar-refractivity contribution in [3.05, 3.63) is 30.3 Å². The molecule has 0 fully saturated rings. The summed E-state index contributed by atoms with van der Waals surface area (Å²) in [7, 11) is 3.63. The molecule has 0 bridgehead atoms. The lowest BCUT2D eigenvalue weighted by molar-refractivity contribution is -0.121. The molecule has 0 spiro atoms. The number of anilines is 1. The van der Waals surface area contributed by atoms with Gasteiger partial charge in [-0.25, -0.2) is 0 Å². The highest BCUT2D eigenvalue weighted by atomic mass is 16.2. The number of carbonyl (C=O) groups excluding carboxylic acids is 1. The van der Waals surface area contributed by atoms with Crippen molar-refractivity contribution in [2.45, 2.75) is 19.9 Å². The van der Waals surface area contributed by atoms with Gasteiger partial charge < -0.3 is 10.2 Å². The first-order valence-electron chi connectivity index (χ1n) is 5.57. The van der Waals surface area contributed by atoms with Crippen LogP contribution in [0.1, 0.15) is 13.8 Å². The van der Waals surface area contributed by atoms with Crippen LogP contribution >= 0.6 is 0 Å². The highest BCUT2D eigenvalue weighted by Crippen LogP contribution is 2.14. The highest BCUT2D eigenvalue weighted by molar-refractivity contribution is 5.96. The molecule has 0 aliphatic carbocycles. The number of nitrogens with one attached hydrogen (secondary N) is 1. The molecule has 1 amide bonds. The maximum absolute atomic E-state index is 12.2. The number of hydrogen-bond donors (Lipinski definition) is 1. The van der Waals surface area contributed by atoms with E-state index in [-0.39, 0.29) is 17.9 Å². The van der Waals surface area contributed by atoms with Gasteiger partial charge in [0.05, 0.1) is 6.04 Å². The van der Waals surface area contributed by atoms with Crippen LogP contribution in [0.5, 0.6) is 0 Å². The zero-order chi connectivity index (χ0) is 12.1. The average Bonchev–Trinajstić information content (AvgIpc) is 2.29. The summed E-state index contributed by atoms with van der Waals surface area (Å²) < 4.78 is 0. The predicted octanol–water partition coefficient (Wildman–Crippen LogP) is 1.89. The van der Waals surface area contributed by atoms with Gasteiger partial charge in [0.1, 0.15) is 0 Å². The van der Waals surface area contributed by atoms with Crippen LogP contribution in [0.25, 0.3) is 0 Å². The molecule has 88 valence electrons. The van der Waals surface area contributed by atoms with Crippen molar-refractivity contribution in [1.29, 1.82) is 0 Å². The van der Waals surface area contributed by atoms with Gasteiger partial charge in [0.15, 0.2) is 0 Å². The molecule has 1 aromatic rings. The van der Waals surface area contributed by atoms with Crippen LogP contribution in [0.2, 0.25) is 0 Å². The Balaban J connectivity index is 2.81. The quantitative estimate of drug-likeness (QED) is 0.840. The number of amides is 1. The first-order valence-corrected chi connectivity index (χ1v) is 5.57. The third-order valence-corrected chi connectivity index (χ3v) is 2.72. The fourth-order valence-corrected chi connectivity index (χ4v) is 1.73. The number of likely N-dealkylation sites (N-methyl/N-ethyl adjacent to an activating group) is 2. The fourth-order valence-electron chi connectivity index (χ4n) is 1.73. The van der Waals surface area contributed by atoms with Crippen molar-refractivity contribution < 1.29 is 4.79 Å². The summed E-state index contributed by atoms with van der Waals surface area (Å²) in [5.74, 6) is 0.382. The average molecular weight is 220 g/mol. The van der Waals surface area contributed by atoms with Gasteiger partial charge in [0, 0.05) is 12.7 Å². The van der Waals surface area contributed by atoms with Gasteiger partial charge in [-0.1, -0.05) is 32.0 Å². The molecule has 16 heavy (non-hydrogen) atoms. The molecule has 0 heterocycles. The largest absolute Gasteiger partial charge is 0.314 e. The molecule has 0 aromatic heterocycles. The molecule has 0 aliphatic rings. The van der Waals surface area contributed by atoms with Crippen molar-refractivity contribution in [1.82, 2.24) is 5.32 Å². The normalized spacial score (nSPS) is 12.6. The molecule has 0 radical (unpaired) electrons. The maximum Gasteiger partial charge on any atom is 0.244 e. The SMILES string of the molecule is CN[C@H](C(=O)N(C)c1ccccc1)C(C)C. The van der Waals surface area contributed by atoms with E-state index in [4.69, 9.17) is 0 Å². The van der Waals surface area contributed by atoms with Crippen LogP contribution in [-0.2, 0) is 4.79 Å². The zero-order valence-electron chi connectivity index (χ0n) is 10.4. The first-order chi connectivity index (χ1) is 7.57. The molecule has 0 saturated carbocycles. The lowest BCUT2D eigenvalue weighted by Gasteiger charge is -2.25. The van der Waals surface area contributed by atoms with Crippen LogP contribution in [0.3, 0.4) is 0 Å². The molecule has 1 aromatic carbocycles. The van der Waals surface area contributed by atoms with Crippen LogP contribution in [-0.4, -0.2) is 26.0 Å². The fraction of sp³-hybridized carbons (Fsp3) is 0.462. The van der Waals surface area contributed by atoms with Crippen molar-refractivity contribution >= 4 is 11.6 Å². The van der Waals surface area contributed by atoms with Crippen molar-refractivity contribution in [2.75, 3.05) is 19.0 Å². The molecule has 1 atom stereocenters. The number of rotatable bonds is 4. The standard InChI is InChI=1S/C13H20N2O/c1-10(2)12(14-3)13(16)15(4)11-8-6-5-7-9-11/h5-10,12,14H,1-4H3/t12-/m0/s1. The minimum absolute atomic E-state index is 0.101. The second-order valence-corrected chi connectivity index (χ2v) is 4.24. The summed E-state index contributed by atoms with van der Waals surface area (Å²) in [6.07, 6.45) is 0. The third-order valence-electron chi connectivity index (χ3n) is 2.72. The molecule has 1 N–H and O–H groups in total. The summed E-state index contributed by atoms with van der Waals surface area (Å²) in [6.45, 7) is 4.08. The minimum Gasteiger partial charge on any atom is -0.314 e. The zero-order valence-corrected chi connectivity index (χ0v) is 10.4. The Morgan fingerprint density at radius 3 is 2.25 bits per heavy atom. The second kappa shape index (κ2) is 5.66. The van der Waals surface area contributed by atoms with Gasteiger partial charge in [0.25, 0.3) is 0 Å². The van der Waals surface area contributed by atoms with E-state index in [0.717, 1.165) is 5.69 Å². The number of carbonyl (C=O) groups is 1. The molecule has 0 aliphatic heterocycles. The van der Waals surface area contributed by atoms with Crippen molar-refractivity contribution in [2.24, 2.45) is 5.92 Å². The van der Waals surface area contributed by atoms with E-state index < -0.39 is 0 Å². The van der Waals surface area contributed by atoms with Crippen molar-refractivity contribution in [3.8, 4) is 0 Å². The Morgan fingerprint density at radius 2 is 1.81 bits per heavy atom. The van der Waals surface area contributed by atoms with Gasteiger partial charge in [-0.05, 0) is 25.1 Å². The number of hydrogen-bond acceptors (Lipinski definition) is 2. The Labute approximate surface area is 97.5 Å². The van der Waals surface area contributed by atoms with Crippen LogP contribution < -0.4 is 10.2 Å². The van der Waals surface area contributed by atoms with E-state index in [9.17, 15) is 4.79 Å². The predicted molar refractivity (Wildman–Crippen MR) is 67.5 cm³/mol. The molecule has 3 heteroatoms. The topological polar surface area (TPSA) is 32.3 Å². The maximum atomic E-state index is 12.2. The number of benzene rings is 1. The molecule has 0 unspecified atom stereocenters. The van der Waals surface area contributed by atoms with Crippen LogP contribution in [0.15, 0.2) is 30.3 Å². The summed E-state index contributed by atoms with van der Waals surface area (Å²) in [4.78, 5) is 13.9. The van der Waals surface area contributed by atoms with Gasteiger partial charge in [-0.15, -0.1) is 0 Å². The summed E-state index contributed by atoms with van der Waals surface area (Å²) >= 11 is 0. The van der Waals surface area contributed by atoms with Crippen LogP contribution in [0, 0.1) is 5.92 Å². The van der Waals surface area contributed by atoms with E-state index in [1.807, 2.05) is 58.3 Å². The van der Waals surface area contributed by atoms with E-state index in [1.54, 1.807) is 4.90 Å². The molecular formula is C13H20N2O. The van der Waals surface area contributed by atoms with E-state index in [0.29, 0.717) is 0 Å². The smallest absolute Gasteiger partial charge is 0.244 e. The highest BCUT2D eigenvalue weighted by Gasteiger charge is 2.23. The Bertz CT molecular complexity index is 335. The summed E-state index contributed by atoms with van der Waals surface area (Å²) in [5, 5.41) is 3.06. The van der Waals surface area contributed by atoms with Crippen LogP contribution in [0.4, 0.5) is 5.69 Å². The van der Waals surface area contributed by atoms with Gasteiger partial charge >= 0.3 is 0 Å². The summed E-state index contributed by atoms with van der Waals surface area (Å²) in [6, 6.07) is 9.55. The van der Waals surface area contributed by atoms with E-state index in [1.165, 1.54) is 0 Å². The lowest BCUT2D eigenvalue weighted by atomic mass is 10.0. The summed E-state index contributed by atoms with van der Waals surface area (Å²) in [5.41, 5.74) is 0.924. The lowest BCUT2D eigenvalue weighted by Crippen LogP contribution is -2.46. The van der Waals surface area contributed by atoms with Gasteiger partial charge in [0.2, 0.25) is 5.91 Å². The monoisotopic (exact) mass is 220 g/mol. The third kappa shape index (κ3) is 2.83. The van der Waals surface area contributed by atoms with Gasteiger partial charge in [-0.2, -0.15) is 0 Å². The number of nitrogens with zero attached hydrogens (tertiary/aromatic N) is 1. The molecule has 3 nitrogen and oxygen atoms in total. The Morgan fingerprint density at radius 1 is 1.25 bits per heavy atom. The second-order valence-electron chi connectivity index (χ2n) is 4.24. The van der Waals surface area contributed by atoms with E-state index >= 15 is 0 Å². The minimum atomic E-state index is -0.134. The first kappa shape index (κ1) is 12.7. The Kier molecular flexibility index (Phi) is 4.50.